The fourth-order valence-corrected chi connectivity index (χ4v) is 4.22. The SMILES string of the molecule is COc1ccc(CCNC(=O)CSc2ncnc3c(-c4ccccc4)c[nH]c23)cc1OC. The summed E-state index contributed by atoms with van der Waals surface area (Å²) < 4.78 is 10.6. The minimum absolute atomic E-state index is 0.0444. The Morgan fingerprint density at radius 2 is 1.88 bits per heavy atom. The molecule has 1 amide bonds. The monoisotopic (exact) mass is 448 g/mol. The lowest BCUT2D eigenvalue weighted by Gasteiger charge is -2.10. The number of carbonyl (C=O) groups excluding carboxylic acids is 1. The fraction of sp³-hybridized carbons (Fsp3) is 0.208. The highest BCUT2D eigenvalue weighted by Crippen LogP contribution is 2.31. The number of hydrogen-bond donors (Lipinski definition) is 2. The van der Waals surface area contributed by atoms with Gasteiger partial charge in [0, 0.05) is 18.3 Å². The number of nitrogens with zero attached hydrogens (tertiary/aromatic N) is 2. The second kappa shape index (κ2) is 10.2. The summed E-state index contributed by atoms with van der Waals surface area (Å²) >= 11 is 1.39. The number of aromatic nitrogens is 3. The number of fused-ring (bicyclic) bond motifs is 1. The molecule has 2 aromatic heterocycles. The molecule has 0 bridgehead atoms. The van der Waals surface area contributed by atoms with E-state index in [0.29, 0.717) is 24.5 Å². The number of H-pyrrole nitrogens is 1. The van der Waals surface area contributed by atoms with Gasteiger partial charge in [-0.05, 0) is 29.7 Å². The first-order valence-electron chi connectivity index (χ1n) is 10.2. The molecule has 2 aromatic carbocycles. The van der Waals surface area contributed by atoms with Gasteiger partial charge in [0.25, 0.3) is 0 Å². The summed E-state index contributed by atoms with van der Waals surface area (Å²) in [6, 6.07) is 15.8. The van der Waals surface area contributed by atoms with Crippen molar-refractivity contribution < 1.29 is 14.3 Å². The van der Waals surface area contributed by atoms with Crippen LogP contribution in [0.3, 0.4) is 0 Å². The smallest absolute Gasteiger partial charge is 0.230 e. The lowest BCUT2D eigenvalue weighted by Crippen LogP contribution is -2.27. The van der Waals surface area contributed by atoms with Crippen LogP contribution in [0.1, 0.15) is 5.56 Å². The second-order valence-electron chi connectivity index (χ2n) is 7.05. The molecule has 0 spiro atoms. The fourth-order valence-electron chi connectivity index (χ4n) is 3.43. The molecule has 0 aliphatic rings. The zero-order valence-corrected chi connectivity index (χ0v) is 18.7. The largest absolute Gasteiger partial charge is 0.493 e. The number of benzene rings is 2. The van der Waals surface area contributed by atoms with Gasteiger partial charge < -0.3 is 19.8 Å². The zero-order valence-electron chi connectivity index (χ0n) is 17.9. The van der Waals surface area contributed by atoms with E-state index in [-0.39, 0.29) is 11.7 Å². The highest BCUT2D eigenvalue weighted by Gasteiger charge is 2.13. The molecule has 4 rings (SSSR count). The predicted molar refractivity (Wildman–Crippen MR) is 126 cm³/mol. The Morgan fingerprint density at radius 3 is 2.66 bits per heavy atom. The average molecular weight is 449 g/mol. The van der Waals surface area contributed by atoms with E-state index in [1.54, 1.807) is 20.5 Å². The van der Waals surface area contributed by atoms with Gasteiger partial charge in [0.2, 0.25) is 5.91 Å². The van der Waals surface area contributed by atoms with Crippen LogP contribution < -0.4 is 14.8 Å². The summed E-state index contributed by atoms with van der Waals surface area (Å²) in [7, 11) is 3.22. The van der Waals surface area contributed by atoms with E-state index in [4.69, 9.17) is 9.47 Å². The van der Waals surface area contributed by atoms with E-state index in [2.05, 4.69) is 20.3 Å². The van der Waals surface area contributed by atoms with Crippen LogP contribution in [0.25, 0.3) is 22.2 Å². The van der Waals surface area contributed by atoms with Gasteiger partial charge in [-0.1, -0.05) is 48.2 Å². The van der Waals surface area contributed by atoms with Crippen LogP contribution in [0.5, 0.6) is 11.5 Å². The molecular formula is C24H24N4O3S. The average Bonchev–Trinajstić information content (AvgIpc) is 3.28. The molecular weight excluding hydrogens is 424 g/mol. The Labute approximate surface area is 190 Å². The number of ether oxygens (including phenoxy) is 2. The van der Waals surface area contributed by atoms with Gasteiger partial charge in [0.1, 0.15) is 16.9 Å². The Balaban J connectivity index is 1.34. The Bertz CT molecular complexity index is 1210. The highest BCUT2D eigenvalue weighted by molar-refractivity contribution is 8.00. The summed E-state index contributed by atoms with van der Waals surface area (Å²) in [5.74, 6) is 1.60. The van der Waals surface area contributed by atoms with Gasteiger partial charge in [-0.3, -0.25) is 4.79 Å². The van der Waals surface area contributed by atoms with Gasteiger partial charge in [-0.2, -0.15) is 0 Å². The Morgan fingerprint density at radius 1 is 1.06 bits per heavy atom. The van der Waals surface area contributed by atoms with Crippen molar-refractivity contribution in [2.45, 2.75) is 11.4 Å². The number of thioether (sulfide) groups is 1. The zero-order chi connectivity index (χ0) is 22.3. The molecule has 0 unspecified atom stereocenters. The normalized spacial score (nSPS) is 10.8. The molecule has 0 saturated carbocycles. The summed E-state index contributed by atoms with van der Waals surface area (Å²) in [6.07, 6.45) is 4.17. The van der Waals surface area contributed by atoms with Crippen LogP contribution in [0.15, 0.2) is 66.1 Å². The molecule has 0 fully saturated rings. The van der Waals surface area contributed by atoms with Crippen molar-refractivity contribution >= 4 is 28.7 Å². The van der Waals surface area contributed by atoms with Crippen molar-refractivity contribution in [3.8, 4) is 22.6 Å². The van der Waals surface area contributed by atoms with Crippen LogP contribution in [0, 0.1) is 0 Å². The molecule has 0 atom stereocenters. The summed E-state index contributed by atoms with van der Waals surface area (Å²) in [5.41, 5.74) is 4.86. The summed E-state index contributed by atoms with van der Waals surface area (Å²) in [6.45, 7) is 0.536. The lowest BCUT2D eigenvalue weighted by atomic mass is 10.1. The first-order chi connectivity index (χ1) is 15.7. The van der Waals surface area contributed by atoms with Gasteiger partial charge in [0.05, 0.1) is 25.5 Å². The third-order valence-corrected chi connectivity index (χ3v) is 6.03. The van der Waals surface area contributed by atoms with Crippen molar-refractivity contribution in [3.05, 3.63) is 66.6 Å². The molecule has 2 N–H and O–H groups in total. The number of hydrogen-bond acceptors (Lipinski definition) is 6. The molecule has 32 heavy (non-hydrogen) atoms. The van der Waals surface area contributed by atoms with Crippen LogP contribution in [-0.2, 0) is 11.2 Å². The number of rotatable bonds is 9. The summed E-state index contributed by atoms with van der Waals surface area (Å²) in [5, 5.41) is 3.72. The Hall–Kier alpha value is -3.52. The summed E-state index contributed by atoms with van der Waals surface area (Å²) in [4.78, 5) is 24.4. The van der Waals surface area contributed by atoms with Crippen LogP contribution in [0.2, 0.25) is 0 Å². The molecule has 2 heterocycles. The molecule has 8 heteroatoms. The second-order valence-corrected chi connectivity index (χ2v) is 8.01. The van der Waals surface area contributed by atoms with E-state index in [9.17, 15) is 4.79 Å². The molecule has 0 aliphatic heterocycles. The Kier molecular flexibility index (Phi) is 6.91. The number of nitrogens with one attached hydrogen (secondary N) is 2. The molecule has 164 valence electrons. The minimum atomic E-state index is -0.0444. The maximum absolute atomic E-state index is 12.4. The van der Waals surface area contributed by atoms with Crippen molar-refractivity contribution in [2.75, 3.05) is 26.5 Å². The van der Waals surface area contributed by atoms with E-state index < -0.39 is 0 Å². The lowest BCUT2D eigenvalue weighted by molar-refractivity contribution is -0.118. The number of methoxy groups -OCH3 is 2. The molecule has 0 saturated heterocycles. The van der Waals surface area contributed by atoms with E-state index in [1.807, 2.05) is 54.7 Å². The number of aromatic amines is 1. The van der Waals surface area contributed by atoms with E-state index in [1.165, 1.54) is 11.8 Å². The minimum Gasteiger partial charge on any atom is -0.493 e. The molecule has 4 aromatic rings. The van der Waals surface area contributed by atoms with E-state index >= 15 is 0 Å². The van der Waals surface area contributed by atoms with Gasteiger partial charge in [-0.25, -0.2) is 9.97 Å². The first-order valence-corrected chi connectivity index (χ1v) is 11.2. The van der Waals surface area contributed by atoms with Crippen molar-refractivity contribution in [1.29, 1.82) is 0 Å². The van der Waals surface area contributed by atoms with Crippen molar-refractivity contribution in [1.82, 2.24) is 20.3 Å². The van der Waals surface area contributed by atoms with Gasteiger partial charge >= 0.3 is 0 Å². The number of carbonyl (C=O) groups is 1. The maximum Gasteiger partial charge on any atom is 0.230 e. The van der Waals surface area contributed by atoms with E-state index in [0.717, 1.165) is 32.7 Å². The third-order valence-electron chi connectivity index (χ3n) is 5.04. The van der Waals surface area contributed by atoms with Gasteiger partial charge in [-0.15, -0.1) is 0 Å². The first kappa shape index (κ1) is 21.7. The highest BCUT2D eigenvalue weighted by atomic mass is 32.2. The molecule has 0 aliphatic carbocycles. The topological polar surface area (TPSA) is 89.1 Å². The predicted octanol–water partition coefficient (Wildman–Crippen LogP) is 4.09. The number of amides is 1. The van der Waals surface area contributed by atoms with Crippen molar-refractivity contribution in [3.63, 3.8) is 0 Å². The van der Waals surface area contributed by atoms with Crippen molar-refractivity contribution in [2.24, 2.45) is 0 Å². The van der Waals surface area contributed by atoms with Crippen LogP contribution in [-0.4, -0.2) is 47.4 Å². The maximum atomic E-state index is 12.4. The quantitative estimate of drug-likeness (QED) is 0.296. The van der Waals surface area contributed by atoms with Crippen LogP contribution in [0.4, 0.5) is 0 Å². The standard InChI is InChI=1S/C24H24N4O3S/c1-30-19-9-8-16(12-20(19)31-2)10-11-25-21(29)14-32-24-23-22(27-15-28-24)18(13-26-23)17-6-4-3-5-7-17/h3-9,12-13,15,26H,10-11,14H2,1-2H3,(H,25,29). The third kappa shape index (κ3) is 4.86. The molecule has 7 nitrogen and oxygen atoms in total. The van der Waals surface area contributed by atoms with Gasteiger partial charge in [0.15, 0.2) is 11.5 Å². The van der Waals surface area contributed by atoms with Crippen LogP contribution >= 0.6 is 11.8 Å². The molecule has 0 radical (unpaired) electrons.